The molecule has 8 heteroatoms. The van der Waals surface area contributed by atoms with E-state index in [0.717, 1.165) is 43.2 Å². The molecule has 1 aliphatic heterocycles. The molecule has 0 atom stereocenters. The molecule has 0 aliphatic carbocycles. The van der Waals surface area contributed by atoms with Gasteiger partial charge in [0.05, 0.1) is 25.9 Å². The maximum atomic E-state index is 12.3. The third-order valence-electron chi connectivity index (χ3n) is 5.15. The van der Waals surface area contributed by atoms with Gasteiger partial charge in [0.15, 0.2) is 0 Å². The molecule has 1 fully saturated rings. The van der Waals surface area contributed by atoms with Crippen LogP contribution in [0.2, 0.25) is 5.02 Å². The largest absolute Gasteiger partial charge is 0.495 e. The average molecular weight is 431 g/mol. The standard InChI is InChI=1S/C22H27ClN4O3/c1-16-17(23)6-5-7-18(16)25-21(28)14-24-22(29)15-26-10-12-27(13-11-26)19-8-3-4-9-20(19)30-2/h3-9H,10-15H2,1-2H3,(H,24,29)(H,25,28). The number of ether oxygens (including phenoxy) is 1. The molecule has 2 aromatic rings. The number of carbonyl (C=O) groups is 2. The van der Waals surface area contributed by atoms with Crippen molar-refractivity contribution >= 4 is 34.8 Å². The number of para-hydroxylation sites is 2. The van der Waals surface area contributed by atoms with Gasteiger partial charge in [-0.3, -0.25) is 14.5 Å². The first-order valence-corrected chi connectivity index (χ1v) is 10.3. The van der Waals surface area contributed by atoms with Crippen LogP contribution in [-0.2, 0) is 9.59 Å². The van der Waals surface area contributed by atoms with Crippen molar-refractivity contribution in [2.24, 2.45) is 0 Å². The highest BCUT2D eigenvalue weighted by Gasteiger charge is 2.21. The Bertz CT molecular complexity index is 898. The summed E-state index contributed by atoms with van der Waals surface area (Å²) in [6, 6.07) is 13.3. The first kappa shape index (κ1) is 21.9. The molecule has 0 unspecified atom stereocenters. The van der Waals surface area contributed by atoms with Gasteiger partial charge < -0.3 is 20.3 Å². The van der Waals surface area contributed by atoms with E-state index < -0.39 is 0 Å². The molecular formula is C22H27ClN4O3. The zero-order valence-electron chi connectivity index (χ0n) is 17.3. The highest BCUT2D eigenvalue weighted by Crippen LogP contribution is 2.28. The van der Waals surface area contributed by atoms with Gasteiger partial charge in [-0.2, -0.15) is 0 Å². The second-order valence-electron chi connectivity index (χ2n) is 7.17. The number of hydrogen-bond acceptors (Lipinski definition) is 5. The Morgan fingerprint density at radius 3 is 2.50 bits per heavy atom. The van der Waals surface area contributed by atoms with Gasteiger partial charge >= 0.3 is 0 Å². The summed E-state index contributed by atoms with van der Waals surface area (Å²) < 4.78 is 5.44. The van der Waals surface area contributed by atoms with Crippen LogP contribution in [0.25, 0.3) is 0 Å². The van der Waals surface area contributed by atoms with Crippen LogP contribution in [0.5, 0.6) is 5.75 Å². The van der Waals surface area contributed by atoms with Crippen LogP contribution in [0.15, 0.2) is 42.5 Å². The van der Waals surface area contributed by atoms with E-state index in [4.69, 9.17) is 16.3 Å². The average Bonchev–Trinajstić information content (AvgIpc) is 2.76. The predicted octanol–water partition coefficient (Wildman–Crippen LogP) is 2.53. The lowest BCUT2D eigenvalue weighted by Crippen LogP contribution is -2.50. The predicted molar refractivity (Wildman–Crippen MR) is 119 cm³/mol. The van der Waals surface area contributed by atoms with E-state index in [2.05, 4.69) is 20.4 Å². The molecule has 2 aromatic carbocycles. The van der Waals surface area contributed by atoms with Crippen LogP contribution in [-0.4, -0.2) is 63.1 Å². The van der Waals surface area contributed by atoms with Crippen molar-refractivity contribution in [2.45, 2.75) is 6.92 Å². The van der Waals surface area contributed by atoms with Crippen molar-refractivity contribution < 1.29 is 14.3 Å². The van der Waals surface area contributed by atoms with Gasteiger partial charge in [-0.15, -0.1) is 0 Å². The van der Waals surface area contributed by atoms with E-state index in [0.29, 0.717) is 10.7 Å². The number of methoxy groups -OCH3 is 1. The summed E-state index contributed by atoms with van der Waals surface area (Å²) >= 11 is 6.06. The van der Waals surface area contributed by atoms with Crippen LogP contribution in [0.4, 0.5) is 11.4 Å². The van der Waals surface area contributed by atoms with Crippen LogP contribution in [0, 0.1) is 6.92 Å². The second kappa shape index (κ2) is 10.3. The summed E-state index contributed by atoms with van der Waals surface area (Å²) in [6.45, 7) is 5.17. The van der Waals surface area contributed by atoms with Crippen molar-refractivity contribution in [1.82, 2.24) is 10.2 Å². The normalized spacial score (nSPS) is 14.3. The summed E-state index contributed by atoms with van der Waals surface area (Å²) in [5.74, 6) is 0.401. The summed E-state index contributed by atoms with van der Waals surface area (Å²) in [4.78, 5) is 28.7. The van der Waals surface area contributed by atoms with Gasteiger partial charge in [-0.05, 0) is 36.8 Å². The van der Waals surface area contributed by atoms with Crippen molar-refractivity contribution in [2.75, 3.05) is 56.6 Å². The second-order valence-corrected chi connectivity index (χ2v) is 7.58. The monoisotopic (exact) mass is 430 g/mol. The first-order chi connectivity index (χ1) is 14.5. The molecule has 2 N–H and O–H groups in total. The number of benzene rings is 2. The molecule has 0 bridgehead atoms. The Morgan fingerprint density at radius 2 is 1.77 bits per heavy atom. The number of piperazine rings is 1. The number of halogens is 1. The fourth-order valence-electron chi connectivity index (χ4n) is 3.41. The van der Waals surface area contributed by atoms with Crippen LogP contribution >= 0.6 is 11.6 Å². The number of nitrogens with zero attached hydrogens (tertiary/aromatic N) is 2. The minimum Gasteiger partial charge on any atom is -0.495 e. The van der Waals surface area contributed by atoms with E-state index in [1.54, 1.807) is 25.3 Å². The molecule has 3 rings (SSSR count). The third-order valence-corrected chi connectivity index (χ3v) is 5.56. The Balaban J connectivity index is 1.42. The number of rotatable bonds is 7. The van der Waals surface area contributed by atoms with E-state index in [-0.39, 0.29) is 24.9 Å². The molecule has 1 aliphatic rings. The van der Waals surface area contributed by atoms with Crippen LogP contribution in [0.3, 0.4) is 0 Å². The highest BCUT2D eigenvalue weighted by molar-refractivity contribution is 6.31. The van der Waals surface area contributed by atoms with Crippen molar-refractivity contribution in [1.29, 1.82) is 0 Å². The highest BCUT2D eigenvalue weighted by atomic mass is 35.5. The molecule has 0 spiro atoms. The van der Waals surface area contributed by atoms with Crippen molar-refractivity contribution in [3.8, 4) is 5.75 Å². The van der Waals surface area contributed by atoms with Crippen LogP contribution in [0.1, 0.15) is 5.56 Å². The minimum absolute atomic E-state index is 0.0774. The molecule has 160 valence electrons. The molecule has 1 heterocycles. The topological polar surface area (TPSA) is 73.9 Å². The summed E-state index contributed by atoms with van der Waals surface area (Å²) in [5.41, 5.74) is 2.51. The lowest BCUT2D eigenvalue weighted by Gasteiger charge is -2.36. The molecule has 0 saturated carbocycles. The molecule has 7 nitrogen and oxygen atoms in total. The van der Waals surface area contributed by atoms with Gasteiger partial charge in [0.25, 0.3) is 0 Å². The van der Waals surface area contributed by atoms with E-state index in [1.807, 2.05) is 31.2 Å². The summed E-state index contributed by atoms with van der Waals surface area (Å²) in [5, 5.41) is 6.05. The SMILES string of the molecule is COc1ccccc1N1CCN(CC(=O)NCC(=O)Nc2cccc(Cl)c2C)CC1. The number of amides is 2. The van der Waals surface area contributed by atoms with Gasteiger partial charge in [0.1, 0.15) is 5.75 Å². The van der Waals surface area contributed by atoms with Crippen molar-refractivity contribution in [3.63, 3.8) is 0 Å². The van der Waals surface area contributed by atoms with Gasteiger partial charge in [0.2, 0.25) is 11.8 Å². The lowest BCUT2D eigenvalue weighted by molar-refractivity contribution is -0.125. The van der Waals surface area contributed by atoms with Gasteiger partial charge in [0, 0.05) is 36.9 Å². The van der Waals surface area contributed by atoms with E-state index >= 15 is 0 Å². The molecule has 30 heavy (non-hydrogen) atoms. The van der Waals surface area contributed by atoms with Crippen LogP contribution < -0.4 is 20.3 Å². The Morgan fingerprint density at radius 1 is 1.03 bits per heavy atom. The smallest absolute Gasteiger partial charge is 0.243 e. The molecule has 1 saturated heterocycles. The maximum absolute atomic E-state index is 12.3. The quantitative estimate of drug-likeness (QED) is 0.706. The van der Waals surface area contributed by atoms with Gasteiger partial charge in [-0.1, -0.05) is 29.8 Å². The third kappa shape index (κ3) is 5.64. The number of hydrogen-bond donors (Lipinski definition) is 2. The zero-order chi connectivity index (χ0) is 21.5. The summed E-state index contributed by atoms with van der Waals surface area (Å²) in [7, 11) is 1.67. The molecule has 0 radical (unpaired) electrons. The molecule has 2 amide bonds. The molecule has 0 aromatic heterocycles. The first-order valence-electron chi connectivity index (χ1n) is 9.90. The fraction of sp³-hybridized carbons (Fsp3) is 0.364. The Hall–Kier alpha value is -2.77. The zero-order valence-corrected chi connectivity index (χ0v) is 18.0. The Labute approximate surface area is 181 Å². The lowest BCUT2D eigenvalue weighted by atomic mass is 10.2. The molecular weight excluding hydrogens is 404 g/mol. The number of carbonyl (C=O) groups excluding carboxylic acids is 2. The van der Waals surface area contributed by atoms with E-state index in [9.17, 15) is 9.59 Å². The summed E-state index contributed by atoms with van der Waals surface area (Å²) in [6.07, 6.45) is 0. The minimum atomic E-state index is -0.283. The Kier molecular flexibility index (Phi) is 7.54. The van der Waals surface area contributed by atoms with Crippen molar-refractivity contribution in [3.05, 3.63) is 53.1 Å². The number of nitrogens with one attached hydrogen (secondary N) is 2. The maximum Gasteiger partial charge on any atom is 0.243 e. The van der Waals surface area contributed by atoms with E-state index in [1.165, 1.54) is 0 Å². The van der Waals surface area contributed by atoms with Gasteiger partial charge in [-0.25, -0.2) is 0 Å². The fourth-order valence-corrected chi connectivity index (χ4v) is 3.59. The number of anilines is 2.